The largest absolute Gasteiger partial charge is 0.385 e. The molecule has 0 spiro atoms. The lowest BCUT2D eigenvalue weighted by atomic mass is 9.88. The molecule has 1 aliphatic carbocycles. The van der Waals surface area contributed by atoms with Gasteiger partial charge in [0, 0.05) is 33.0 Å². The van der Waals surface area contributed by atoms with Crippen molar-refractivity contribution in [2.75, 3.05) is 34.0 Å². The van der Waals surface area contributed by atoms with Crippen LogP contribution in [0.15, 0.2) is 24.3 Å². The van der Waals surface area contributed by atoms with Crippen LogP contribution in [-0.2, 0) is 15.9 Å². The monoisotopic (exact) mass is 291 g/mol. The Morgan fingerprint density at radius 2 is 2.05 bits per heavy atom. The van der Waals surface area contributed by atoms with Gasteiger partial charge >= 0.3 is 0 Å². The maximum absolute atomic E-state index is 5.75. The molecule has 0 heterocycles. The predicted molar refractivity (Wildman–Crippen MR) is 86.6 cm³/mol. The first-order valence-corrected chi connectivity index (χ1v) is 8.18. The van der Waals surface area contributed by atoms with E-state index in [9.17, 15) is 0 Å². The molecule has 3 heteroatoms. The highest BCUT2D eigenvalue weighted by Crippen LogP contribution is 2.34. The molecule has 0 saturated heterocycles. The summed E-state index contributed by atoms with van der Waals surface area (Å²) in [5.41, 5.74) is 3.00. The Hall–Kier alpha value is -0.900. The van der Waals surface area contributed by atoms with Crippen LogP contribution in [0.5, 0.6) is 0 Å². The van der Waals surface area contributed by atoms with E-state index in [0.29, 0.717) is 12.0 Å². The van der Waals surface area contributed by atoms with Crippen molar-refractivity contribution in [1.29, 1.82) is 0 Å². The fourth-order valence-corrected chi connectivity index (χ4v) is 3.38. The lowest BCUT2D eigenvalue weighted by Gasteiger charge is -2.26. The number of nitrogens with one attached hydrogen (secondary N) is 1. The van der Waals surface area contributed by atoms with Gasteiger partial charge in [0.15, 0.2) is 0 Å². The maximum Gasteiger partial charge on any atom is 0.0487 e. The van der Waals surface area contributed by atoms with Crippen LogP contribution in [0, 0.1) is 5.92 Å². The Morgan fingerprint density at radius 3 is 2.86 bits per heavy atom. The van der Waals surface area contributed by atoms with Crippen molar-refractivity contribution in [1.82, 2.24) is 5.32 Å². The van der Waals surface area contributed by atoms with Gasteiger partial charge in [0.25, 0.3) is 0 Å². The van der Waals surface area contributed by atoms with Crippen molar-refractivity contribution in [3.8, 4) is 0 Å². The zero-order chi connectivity index (χ0) is 14.9. The summed E-state index contributed by atoms with van der Waals surface area (Å²) in [7, 11) is 3.82. The highest BCUT2D eigenvalue weighted by atomic mass is 16.5. The van der Waals surface area contributed by atoms with Gasteiger partial charge in [-0.3, -0.25) is 0 Å². The van der Waals surface area contributed by atoms with Crippen LogP contribution >= 0.6 is 0 Å². The first-order valence-electron chi connectivity index (χ1n) is 8.18. The number of fused-ring (bicyclic) bond motifs is 1. The summed E-state index contributed by atoms with van der Waals surface area (Å²) in [5.74, 6) is 0.668. The van der Waals surface area contributed by atoms with Gasteiger partial charge in [-0.1, -0.05) is 24.3 Å². The number of ether oxygens (including phenoxy) is 2. The normalized spacial score (nSPS) is 21.8. The summed E-state index contributed by atoms with van der Waals surface area (Å²) >= 11 is 0. The minimum Gasteiger partial charge on any atom is -0.385 e. The third-order valence-corrected chi connectivity index (χ3v) is 4.46. The molecule has 1 aliphatic rings. The molecule has 2 rings (SSSR count). The molecule has 0 fully saturated rings. The van der Waals surface area contributed by atoms with E-state index in [1.54, 1.807) is 7.11 Å². The minimum absolute atomic E-state index is 0.464. The molecule has 0 aromatic heterocycles. The molecular formula is C18H29NO2. The number of rotatable bonds is 8. The summed E-state index contributed by atoms with van der Waals surface area (Å²) in [4.78, 5) is 0. The van der Waals surface area contributed by atoms with Gasteiger partial charge in [-0.15, -0.1) is 0 Å². The van der Waals surface area contributed by atoms with Gasteiger partial charge in [0.05, 0.1) is 0 Å². The molecule has 2 atom stereocenters. The second-order valence-electron chi connectivity index (χ2n) is 5.86. The number of benzene rings is 1. The van der Waals surface area contributed by atoms with Crippen molar-refractivity contribution < 1.29 is 9.47 Å². The van der Waals surface area contributed by atoms with Crippen molar-refractivity contribution in [3.63, 3.8) is 0 Å². The van der Waals surface area contributed by atoms with Crippen LogP contribution in [0.2, 0.25) is 0 Å². The Bertz CT molecular complexity index is 408. The Morgan fingerprint density at radius 1 is 1.19 bits per heavy atom. The molecule has 0 bridgehead atoms. The molecule has 0 radical (unpaired) electrons. The van der Waals surface area contributed by atoms with Crippen LogP contribution in [0.25, 0.3) is 0 Å². The van der Waals surface area contributed by atoms with E-state index in [2.05, 4.69) is 36.6 Å². The molecule has 3 nitrogen and oxygen atoms in total. The number of aryl methyl sites for hydroxylation is 1. The van der Waals surface area contributed by atoms with Gasteiger partial charge in [-0.2, -0.15) is 0 Å². The van der Waals surface area contributed by atoms with Crippen LogP contribution in [0.4, 0.5) is 0 Å². The fourth-order valence-electron chi connectivity index (χ4n) is 3.38. The van der Waals surface area contributed by atoms with Gasteiger partial charge in [0.1, 0.15) is 0 Å². The molecule has 21 heavy (non-hydrogen) atoms. The molecule has 2 unspecified atom stereocenters. The third kappa shape index (κ3) is 4.80. The van der Waals surface area contributed by atoms with Crippen molar-refractivity contribution in [2.45, 2.75) is 38.1 Å². The van der Waals surface area contributed by atoms with E-state index in [1.807, 2.05) is 0 Å². The van der Waals surface area contributed by atoms with E-state index >= 15 is 0 Å². The highest BCUT2D eigenvalue weighted by molar-refractivity contribution is 5.31. The lowest BCUT2D eigenvalue weighted by molar-refractivity contribution is 0.0891. The Balaban J connectivity index is 1.87. The van der Waals surface area contributed by atoms with E-state index in [1.165, 1.54) is 30.4 Å². The van der Waals surface area contributed by atoms with Gasteiger partial charge in [-0.25, -0.2) is 0 Å². The van der Waals surface area contributed by atoms with Crippen molar-refractivity contribution in [3.05, 3.63) is 35.4 Å². The van der Waals surface area contributed by atoms with Crippen molar-refractivity contribution >= 4 is 0 Å². The van der Waals surface area contributed by atoms with Gasteiger partial charge in [-0.05, 0) is 56.2 Å². The van der Waals surface area contributed by atoms with Crippen molar-refractivity contribution in [2.24, 2.45) is 5.92 Å². The standard InChI is InChI=1S/C18H29NO2/c1-19-18-16(11-14-21-13-6-12-20-2)9-5-8-15-7-3-4-10-17(15)18/h3-4,7,10,16,18-19H,5-6,8-9,11-14H2,1-2H3. The fraction of sp³-hybridized carbons (Fsp3) is 0.667. The second kappa shape index (κ2) is 9.19. The predicted octanol–water partition coefficient (Wildman–Crippen LogP) is 3.34. The zero-order valence-electron chi connectivity index (χ0n) is 13.4. The molecule has 0 aliphatic heterocycles. The molecule has 1 aromatic carbocycles. The lowest BCUT2D eigenvalue weighted by Crippen LogP contribution is -2.26. The average molecular weight is 291 g/mol. The molecule has 118 valence electrons. The van der Waals surface area contributed by atoms with Crippen LogP contribution < -0.4 is 5.32 Å². The molecule has 1 aromatic rings. The molecular weight excluding hydrogens is 262 g/mol. The first-order chi connectivity index (χ1) is 10.4. The molecule has 0 saturated carbocycles. The number of methoxy groups -OCH3 is 1. The Labute approximate surface area is 129 Å². The van der Waals surface area contributed by atoms with E-state index in [4.69, 9.17) is 9.47 Å². The smallest absolute Gasteiger partial charge is 0.0487 e. The van der Waals surface area contributed by atoms with Gasteiger partial charge < -0.3 is 14.8 Å². The summed E-state index contributed by atoms with van der Waals surface area (Å²) in [6, 6.07) is 9.35. The highest BCUT2D eigenvalue weighted by Gasteiger charge is 2.25. The topological polar surface area (TPSA) is 30.5 Å². The molecule has 0 amide bonds. The van der Waals surface area contributed by atoms with E-state index in [0.717, 1.165) is 32.7 Å². The summed E-state index contributed by atoms with van der Waals surface area (Å²) in [6.07, 6.45) is 5.89. The maximum atomic E-state index is 5.75. The Kier molecular flexibility index (Phi) is 7.20. The van der Waals surface area contributed by atoms with E-state index < -0.39 is 0 Å². The quantitative estimate of drug-likeness (QED) is 0.588. The summed E-state index contributed by atoms with van der Waals surface area (Å²) < 4.78 is 10.8. The average Bonchev–Trinajstić information content (AvgIpc) is 2.69. The SMILES string of the molecule is CNC1c2ccccc2CCCC1CCOCCCOC. The first kappa shape index (κ1) is 16.5. The number of hydrogen-bond donors (Lipinski definition) is 1. The van der Waals surface area contributed by atoms with Crippen LogP contribution in [0.3, 0.4) is 0 Å². The second-order valence-corrected chi connectivity index (χ2v) is 5.86. The zero-order valence-corrected chi connectivity index (χ0v) is 13.4. The summed E-state index contributed by atoms with van der Waals surface area (Å²) in [6.45, 7) is 2.45. The van der Waals surface area contributed by atoms with E-state index in [-0.39, 0.29) is 0 Å². The van der Waals surface area contributed by atoms with Gasteiger partial charge in [0.2, 0.25) is 0 Å². The third-order valence-electron chi connectivity index (χ3n) is 4.46. The molecule has 1 N–H and O–H groups in total. The number of hydrogen-bond acceptors (Lipinski definition) is 3. The minimum atomic E-state index is 0.464. The van der Waals surface area contributed by atoms with Crippen LogP contribution in [0.1, 0.15) is 42.9 Å². The van der Waals surface area contributed by atoms with Crippen LogP contribution in [-0.4, -0.2) is 34.0 Å². The summed E-state index contributed by atoms with van der Waals surface area (Å²) in [5, 5.41) is 3.54.